The van der Waals surface area contributed by atoms with Crippen LogP contribution in [0.15, 0.2) is 0 Å². The Bertz CT molecular complexity index is 767. The van der Waals surface area contributed by atoms with E-state index in [1.165, 1.54) is 154 Å². The van der Waals surface area contributed by atoms with Crippen molar-refractivity contribution in [1.82, 2.24) is 0 Å². The zero-order valence-corrected chi connectivity index (χ0v) is 33.8. The number of unbranched alkanes of at least 4 members (excludes halogenated alkanes) is 27. The lowest BCUT2D eigenvalue weighted by molar-refractivity contribution is -0.305. The maximum atomic E-state index is 12.7. The van der Waals surface area contributed by atoms with Crippen LogP contribution in [0.2, 0.25) is 0 Å². The summed E-state index contributed by atoms with van der Waals surface area (Å²) in [5.41, 5.74) is 0. The lowest BCUT2D eigenvalue weighted by Crippen LogP contribution is -2.59. The molecule has 0 bridgehead atoms. The monoisotopic (exact) mass is 745 g/mol. The minimum Gasteiger partial charge on any atom is -0.457 e. The van der Waals surface area contributed by atoms with Crippen molar-refractivity contribution in [3.8, 4) is 0 Å². The molecule has 1 aliphatic heterocycles. The first-order valence-electron chi connectivity index (χ1n) is 22.1. The van der Waals surface area contributed by atoms with Gasteiger partial charge in [0.25, 0.3) is 0 Å². The third kappa shape index (κ3) is 26.9. The molecule has 0 radical (unpaired) electrons. The van der Waals surface area contributed by atoms with Crippen LogP contribution in [0.4, 0.5) is 0 Å². The van der Waals surface area contributed by atoms with Crippen LogP contribution in [0.1, 0.15) is 206 Å². The van der Waals surface area contributed by atoms with Crippen molar-refractivity contribution in [2.75, 3.05) is 26.4 Å². The quantitative estimate of drug-likeness (QED) is 0.0360. The topological polar surface area (TPSA) is 135 Å². The van der Waals surface area contributed by atoms with Gasteiger partial charge in [0.1, 0.15) is 30.5 Å². The van der Waals surface area contributed by atoms with Crippen LogP contribution in [0.25, 0.3) is 0 Å². The Morgan fingerprint density at radius 3 is 1.37 bits per heavy atom. The number of aliphatic hydroxyl groups excluding tert-OH is 4. The number of rotatable bonds is 38. The van der Waals surface area contributed by atoms with E-state index in [-0.39, 0.29) is 19.2 Å². The Hall–Kier alpha value is -0.810. The highest BCUT2D eigenvalue weighted by Gasteiger charge is 2.44. The molecule has 0 aliphatic carbocycles. The molecule has 1 saturated heterocycles. The summed E-state index contributed by atoms with van der Waals surface area (Å²) in [6.45, 7) is 4.59. The maximum Gasteiger partial charge on any atom is 0.306 e. The van der Waals surface area contributed by atoms with Crippen LogP contribution in [0.5, 0.6) is 0 Å². The van der Waals surface area contributed by atoms with Crippen LogP contribution in [-0.2, 0) is 23.7 Å². The van der Waals surface area contributed by atoms with E-state index in [4.69, 9.17) is 18.9 Å². The first-order valence-corrected chi connectivity index (χ1v) is 22.1. The van der Waals surface area contributed by atoms with Gasteiger partial charge in [0, 0.05) is 13.0 Å². The summed E-state index contributed by atoms with van der Waals surface area (Å²) in [6, 6.07) is 0. The van der Waals surface area contributed by atoms with Gasteiger partial charge >= 0.3 is 5.97 Å². The van der Waals surface area contributed by atoms with Gasteiger partial charge in [-0.2, -0.15) is 0 Å². The van der Waals surface area contributed by atoms with E-state index >= 15 is 0 Å². The van der Waals surface area contributed by atoms with E-state index in [1.807, 2.05) is 0 Å². The molecule has 1 fully saturated rings. The molecule has 310 valence electrons. The molecule has 0 amide bonds. The van der Waals surface area contributed by atoms with Gasteiger partial charge < -0.3 is 39.4 Å². The number of ether oxygens (including phenoxy) is 4. The number of esters is 1. The molecule has 0 saturated carbocycles. The smallest absolute Gasteiger partial charge is 0.306 e. The molecule has 9 nitrogen and oxygen atoms in total. The molecule has 4 N–H and O–H groups in total. The second-order valence-corrected chi connectivity index (χ2v) is 15.5. The molecule has 1 heterocycles. The molecular weight excluding hydrogens is 660 g/mol. The second kappa shape index (κ2) is 35.9. The third-order valence-corrected chi connectivity index (χ3v) is 10.5. The van der Waals surface area contributed by atoms with Crippen LogP contribution in [0.3, 0.4) is 0 Å². The molecule has 6 atom stereocenters. The van der Waals surface area contributed by atoms with Crippen molar-refractivity contribution in [3.05, 3.63) is 0 Å². The van der Waals surface area contributed by atoms with E-state index in [9.17, 15) is 25.2 Å². The van der Waals surface area contributed by atoms with Gasteiger partial charge in [-0.05, 0) is 12.8 Å². The second-order valence-electron chi connectivity index (χ2n) is 15.5. The lowest BCUT2D eigenvalue weighted by Gasteiger charge is -2.39. The number of carbonyl (C=O) groups excluding carboxylic acids is 1. The Morgan fingerprint density at radius 1 is 0.538 bits per heavy atom. The normalized spacial score (nSPS) is 21.1. The van der Waals surface area contributed by atoms with Gasteiger partial charge in [-0.3, -0.25) is 4.79 Å². The van der Waals surface area contributed by atoms with Crippen LogP contribution < -0.4 is 0 Å². The first-order chi connectivity index (χ1) is 25.4. The van der Waals surface area contributed by atoms with Gasteiger partial charge in [0.2, 0.25) is 0 Å². The molecule has 1 aliphatic rings. The number of aliphatic hydroxyl groups is 4. The highest BCUT2D eigenvalue weighted by Crippen LogP contribution is 2.23. The molecule has 52 heavy (non-hydrogen) atoms. The molecule has 0 aromatic rings. The SMILES string of the molecule is CCCCCCCCCCCCCCCCCCCOCC(COC1OC(CO)C(O)C(O)C1O)OC(=O)CCCCCCCCCCCCCC. The summed E-state index contributed by atoms with van der Waals surface area (Å²) >= 11 is 0. The molecule has 0 spiro atoms. The molecule has 0 aromatic heterocycles. The van der Waals surface area contributed by atoms with E-state index < -0.39 is 43.4 Å². The third-order valence-electron chi connectivity index (χ3n) is 10.5. The zero-order chi connectivity index (χ0) is 37.9. The highest BCUT2D eigenvalue weighted by molar-refractivity contribution is 5.69. The van der Waals surface area contributed by atoms with Gasteiger partial charge in [-0.15, -0.1) is 0 Å². The highest BCUT2D eigenvalue weighted by atomic mass is 16.7. The standard InChI is InChI=1S/C43H84O9/c1-3-5-7-9-11-13-15-17-18-19-20-21-23-25-27-29-31-33-49-35-37(36-50-43-42(48)41(47)40(46)38(34-44)52-43)51-39(45)32-30-28-26-24-22-16-14-12-10-8-6-4-2/h37-38,40-44,46-48H,3-36H2,1-2H3. The summed E-state index contributed by atoms with van der Waals surface area (Å²) in [4.78, 5) is 12.7. The molecule has 6 unspecified atom stereocenters. The minimum absolute atomic E-state index is 0.105. The Morgan fingerprint density at radius 2 is 0.942 bits per heavy atom. The Labute approximate surface area is 319 Å². The van der Waals surface area contributed by atoms with E-state index in [1.54, 1.807) is 0 Å². The van der Waals surface area contributed by atoms with Gasteiger partial charge in [-0.25, -0.2) is 0 Å². The summed E-state index contributed by atoms with van der Waals surface area (Å²) in [6.07, 6.45) is 29.8. The fraction of sp³-hybridized carbons (Fsp3) is 0.977. The number of hydrogen-bond acceptors (Lipinski definition) is 9. The summed E-state index contributed by atoms with van der Waals surface area (Å²) in [7, 11) is 0. The van der Waals surface area contributed by atoms with Crippen molar-refractivity contribution in [3.63, 3.8) is 0 Å². The van der Waals surface area contributed by atoms with Crippen molar-refractivity contribution < 1.29 is 44.2 Å². The predicted molar refractivity (Wildman–Crippen MR) is 210 cm³/mol. The predicted octanol–water partition coefficient (Wildman–Crippen LogP) is 9.47. The summed E-state index contributed by atoms with van der Waals surface area (Å²) in [5.74, 6) is -0.309. The van der Waals surface area contributed by atoms with Crippen LogP contribution in [0, 0.1) is 0 Å². The average Bonchev–Trinajstić information content (AvgIpc) is 3.14. The Balaban J connectivity index is 2.24. The van der Waals surface area contributed by atoms with Crippen LogP contribution in [-0.4, -0.2) is 89.6 Å². The van der Waals surface area contributed by atoms with Crippen molar-refractivity contribution in [2.45, 2.75) is 243 Å². The van der Waals surface area contributed by atoms with Crippen LogP contribution >= 0.6 is 0 Å². The fourth-order valence-corrected chi connectivity index (χ4v) is 7.02. The molecule has 1 rings (SSSR count). The number of carbonyl (C=O) groups is 1. The van der Waals surface area contributed by atoms with Gasteiger partial charge in [-0.1, -0.05) is 187 Å². The minimum atomic E-state index is -1.53. The van der Waals surface area contributed by atoms with Gasteiger partial charge in [0.05, 0.1) is 19.8 Å². The Kier molecular flexibility index (Phi) is 33.9. The van der Waals surface area contributed by atoms with E-state index in [0.29, 0.717) is 13.0 Å². The zero-order valence-electron chi connectivity index (χ0n) is 33.8. The number of hydrogen-bond donors (Lipinski definition) is 4. The summed E-state index contributed by atoms with van der Waals surface area (Å²) in [5, 5.41) is 40.0. The largest absolute Gasteiger partial charge is 0.457 e. The van der Waals surface area contributed by atoms with Crippen molar-refractivity contribution in [2.24, 2.45) is 0 Å². The maximum absolute atomic E-state index is 12.7. The fourth-order valence-electron chi connectivity index (χ4n) is 7.02. The molecular formula is C43H84O9. The van der Waals surface area contributed by atoms with Crippen molar-refractivity contribution in [1.29, 1.82) is 0 Å². The summed E-state index contributed by atoms with van der Waals surface area (Å²) < 4.78 is 22.8. The van der Waals surface area contributed by atoms with Gasteiger partial charge in [0.15, 0.2) is 6.29 Å². The average molecular weight is 745 g/mol. The van der Waals surface area contributed by atoms with E-state index in [0.717, 1.165) is 32.1 Å². The molecule has 9 heteroatoms. The first kappa shape index (κ1) is 49.2. The lowest BCUT2D eigenvalue weighted by atomic mass is 9.99. The molecule has 0 aromatic carbocycles. The van der Waals surface area contributed by atoms with Crippen molar-refractivity contribution >= 4 is 5.97 Å². The van der Waals surface area contributed by atoms with E-state index in [2.05, 4.69) is 13.8 Å².